The molecule has 0 aliphatic rings. The van der Waals surface area contributed by atoms with E-state index in [0.29, 0.717) is 5.16 Å². The first-order valence-electron chi connectivity index (χ1n) is 6.12. The lowest BCUT2D eigenvalue weighted by molar-refractivity contribution is -0.390. The van der Waals surface area contributed by atoms with Gasteiger partial charge in [0.25, 0.3) is 0 Å². The molecule has 0 aliphatic carbocycles. The topological polar surface area (TPSA) is 71.8 Å². The molecule has 0 atom stereocenters. The van der Waals surface area contributed by atoms with Crippen LogP contribution in [-0.2, 0) is 0 Å². The van der Waals surface area contributed by atoms with Crippen molar-refractivity contribution < 1.29 is 9.31 Å². The van der Waals surface area contributed by atoms with E-state index >= 15 is 0 Å². The average Bonchev–Trinajstić information content (AvgIpc) is 2.79. The highest BCUT2D eigenvalue weighted by Crippen LogP contribution is 2.35. The van der Waals surface area contributed by atoms with Gasteiger partial charge in [0.15, 0.2) is 5.16 Å². The molecule has 0 saturated carbocycles. The zero-order valence-corrected chi connectivity index (χ0v) is 11.8. The van der Waals surface area contributed by atoms with Gasteiger partial charge in [0.05, 0.1) is 20.9 Å². The van der Waals surface area contributed by atoms with E-state index in [-0.39, 0.29) is 4.90 Å². The number of halogens is 1. The minimum absolute atomic E-state index is 0.218. The Kier molecular flexibility index (Phi) is 3.34. The molecule has 1 N–H and O–H groups in total. The Morgan fingerprint density at radius 2 is 2.14 bits per heavy atom. The molecule has 1 heterocycles. The summed E-state index contributed by atoms with van der Waals surface area (Å²) >= 11 is 1.04. The summed E-state index contributed by atoms with van der Waals surface area (Å²) in [7, 11) is 0. The van der Waals surface area contributed by atoms with E-state index in [0.717, 1.165) is 34.4 Å². The van der Waals surface area contributed by atoms with Crippen molar-refractivity contribution in [3.8, 4) is 0 Å². The second-order valence-corrected chi connectivity index (χ2v) is 5.54. The Morgan fingerprint density at radius 3 is 2.90 bits per heavy atom. The number of nitro groups is 1. The van der Waals surface area contributed by atoms with E-state index in [9.17, 15) is 14.5 Å². The van der Waals surface area contributed by atoms with Crippen molar-refractivity contribution in [1.29, 1.82) is 0 Å². The highest BCUT2D eigenvalue weighted by atomic mass is 32.2. The third-order valence-electron chi connectivity index (χ3n) is 2.95. The van der Waals surface area contributed by atoms with Crippen LogP contribution in [0.15, 0.2) is 46.5 Å². The lowest BCUT2D eigenvalue weighted by Gasteiger charge is -2.00. The fourth-order valence-electron chi connectivity index (χ4n) is 2.01. The molecular weight excluding hydrogens is 293 g/mol. The normalized spacial score (nSPS) is 11.0. The van der Waals surface area contributed by atoms with Gasteiger partial charge in [0, 0.05) is 0 Å². The minimum atomic E-state index is -0.850. The second kappa shape index (κ2) is 5.17. The average molecular weight is 303 g/mol. The van der Waals surface area contributed by atoms with Crippen LogP contribution in [0.2, 0.25) is 0 Å². The number of aryl methyl sites for hydroxylation is 1. The van der Waals surface area contributed by atoms with Gasteiger partial charge in [-0.1, -0.05) is 12.1 Å². The third kappa shape index (κ3) is 2.59. The van der Waals surface area contributed by atoms with Gasteiger partial charge in [-0.15, -0.1) is 0 Å². The molecule has 3 rings (SSSR count). The van der Waals surface area contributed by atoms with Gasteiger partial charge in [0.1, 0.15) is 0 Å². The molecule has 0 bridgehead atoms. The lowest BCUT2D eigenvalue weighted by Crippen LogP contribution is -1.94. The Hall–Kier alpha value is -2.41. The summed E-state index contributed by atoms with van der Waals surface area (Å²) in [6, 6.07) is 9.76. The number of hydrogen-bond acceptors (Lipinski definition) is 4. The number of para-hydroxylation sites is 1. The summed E-state index contributed by atoms with van der Waals surface area (Å²) in [5.74, 6) is -0.850. The van der Waals surface area contributed by atoms with Gasteiger partial charge in [-0.3, -0.25) is 10.1 Å². The zero-order chi connectivity index (χ0) is 15.0. The maximum atomic E-state index is 13.6. The Bertz CT molecular complexity index is 847. The number of nitrogens with one attached hydrogen (secondary N) is 1. The molecule has 0 radical (unpaired) electrons. The van der Waals surface area contributed by atoms with Gasteiger partial charge in [-0.2, -0.15) is 4.39 Å². The Balaban J connectivity index is 2.02. The molecule has 5 nitrogen and oxygen atoms in total. The predicted octanol–water partition coefficient (Wildman–Crippen LogP) is 4.07. The van der Waals surface area contributed by atoms with Gasteiger partial charge in [0.2, 0.25) is 5.82 Å². The summed E-state index contributed by atoms with van der Waals surface area (Å²) in [6.07, 6.45) is 0. The van der Waals surface area contributed by atoms with E-state index in [4.69, 9.17) is 0 Å². The highest BCUT2D eigenvalue weighted by Gasteiger charge is 2.21. The van der Waals surface area contributed by atoms with E-state index in [1.807, 2.05) is 25.1 Å². The molecule has 0 saturated heterocycles. The molecule has 0 spiro atoms. The number of hydrogen-bond donors (Lipinski definition) is 1. The summed E-state index contributed by atoms with van der Waals surface area (Å²) in [4.78, 5) is 17.9. The van der Waals surface area contributed by atoms with Crippen LogP contribution >= 0.6 is 11.8 Å². The van der Waals surface area contributed by atoms with Crippen molar-refractivity contribution >= 4 is 28.5 Å². The number of H-pyrrole nitrogens is 1. The van der Waals surface area contributed by atoms with Gasteiger partial charge >= 0.3 is 5.69 Å². The van der Waals surface area contributed by atoms with E-state index in [1.165, 1.54) is 12.1 Å². The molecule has 0 aliphatic heterocycles. The van der Waals surface area contributed by atoms with E-state index < -0.39 is 16.4 Å². The van der Waals surface area contributed by atoms with Crippen LogP contribution in [0.1, 0.15) is 5.56 Å². The fourth-order valence-corrected chi connectivity index (χ4v) is 2.94. The number of imidazole rings is 1. The molecule has 21 heavy (non-hydrogen) atoms. The van der Waals surface area contributed by atoms with Crippen LogP contribution in [0.4, 0.5) is 10.1 Å². The number of benzene rings is 2. The van der Waals surface area contributed by atoms with Gasteiger partial charge < -0.3 is 4.98 Å². The quantitative estimate of drug-likeness (QED) is 0.585. The van der Waals surface area contributed by atoms with Crippen LogP contribution in [0.3, 0.4) is 0 Å². The lowest BCUT2D eigenvalue weighted by atomic mass is 10.2. The second-order valence-electron chi connectivity index (χ2n) is 4.51. The fraction of sp³-hybridized carbons (Fsp3) is 0.0714. The first kappa shape index (κ1) is 13.6. The summed E-state index contributed by atoms with van der Waals surface area (Å²) in [5, 5.41) is 11.5. The molecular formula is C14H10FN3O2S. The third-order valence-corrected chi connectivity index (χ3v) is 3.89. The van der Waals surface area contributed by atoms with Gasteiger partial charge in [-0.25, -0.2) is 4.98 Å². The maximum Gasteiger partial charge on any atom is 0.318 e. The molecule has 1 aromatic heterocycles. The van der Waals surface area contributed by atoms with Crippen LogP contribution in [0, 0.1) is 22.9 Å². The van der Waals surface area contributed by atoms with Crippen molar-refractivity contribution in [2.24, 2.45) is 0 Å². The molecule has 2 aromatic carbocycles. The molecule has 0 fully saturated rings. The number of rotatable bonds is 3. The van der Waals surface area contributed by atoms with Crippen LogP contribution in [0.25, 0.3) is 11.0 Å². The van der Waals surface area contributed by atoms with Crippen LogP contribution in [-0.4, -0.2) is 14.9 Å². The van der Waals surface area contributed by atoms with Gasteiger partial charge in [-0.05, 0) is 48.5 Å². The first-order chi connectivity index (χ1) is 10.0. The largest absolute Gasteiger partial charge is 0.333 e. The molecule has 106 valence electrons. The van der Waals surface area contributed by atoms with Crippen molar-refractivity contribution in [3.05, 3.63) is 57.9 Å². The predicted molar refractivity (Wildman–Crippen MR) is 78.0 cm³/mol. The van der Waals surface area contributed by atoms with Crippen molar-refractivity contribution in [2.75, 3.05) is 0 Å². The van der Waals surface area contributed by atoms with Crippen molar-refractivity contribution in [3.63, 3.8) is 0 Å². The summed E-state index contributed by atoms with van der Waals surface area (Å²) in [5.41, 5.74) is 2.16. The van der Waals surface area contributed by atoms with Crippen molar-refractivity contribution in [2.45, 2.75) is 17.0 Å². The summed E-state index contributed by atoms with van der Waals surface area (Å²) < 4.78 is 13.6. The molecule has 7 heteroatoms. The monoisotopic (exact) mass is 303 g/mol. The summed E-state index contributed by atoms with van der Waals surface area (Å²) in [6.45, 7) is 1.96. The first-order valence-corrected chi connectivity index (χ1v) is 6.93. The maximum absolute atomic E-state index is 13.6. The molecule has 0 unspecified atom stereocenters. The number of aromatic amines is 1. The van der Waals surface area contributed by atoms with E-state index in [1.54, 1.807) is 0 Å². The zero-order valence-electron chi connectivity index (χ0n) is 11.0. The SMILES string of the molecule is Cc1ccc2nc(Sc3cccc(F)c3[N+](=O)[O-])[nH]c2c1. The Morgan fingerprint density at radius 1 is 1.33 bits per heavy atom. The van der Waals surface area contributed by atoms with E-state index in [2.05, 4.69) is 9.97 Å². The number of aromatic nitrogens is 2. The standard InChI is InChI=1S/C14H10FN3O2S/c1-8-5-6-10-11(7-8)17-14(16-10)21-12-4-2-3-9(15)13(12)18(19)20/h2-7H,1H3,(H,16,17). The van der Waals surface area contributed by atoms with Crippen LogP contribution < -0.4 is 0 Å². The minimum Gasteiger partial charge on any atom is -0.333 e. The number of nitro benzene ring substituents is 1. The number of nitrogens with zero attached hydrogens (tertiary/aromatic N) is 2. The molecule has 0 amide bonds. The molecule has 3 aromatic rings. The number of fused-ring (bicyclic) bond motifs is 1. The van der Waals surface area contributed by atoms with Crippen molar-refractivity contribution in [1.82, 2.24) is 9.97 Å². The smallest absolute Gasteiger partial charge is 0.318 e. The highest BCUT2D eigenvalue weighted by molar-refractivity contribution is 7.99. The van der Waals surface area contributed by atoms with Crippen LogP contribution in [0.5, 0.6) is 0 Å². The Labute approximate surface area is 123 Å².